The van der Waals surface area contributed by atoms with Crippen LogP contribution in [0.5, 0.6) is 0 Å². The Kier molecular flexibility index (Phi) is 8.43. The van der Waals surface area contributed by atoms with Gasteiger partial charge in [0.1, 0.15) is 0 Å². The Bertz CT molecular complexity index is 2920. The van der Waals surface area contributed by atoms with Gasteiger partial charge < -0.3 is 4.90 Å². The molecule has 0 radical (unpaired) electrons. The lowest BCUT2D eigenvalue weighted by molar-refractivity contribution is 0.953. The molecule has 0 spiro atoms. The molecule has 0 N–H and O–H groups in total. The maximum absolute atomic E-state index is 5.32. The van der Waals surface area contributed by atoms with Crippen molar-refractivity contribution in [1.29, 1.82) is 0 Å². The van der Waals surface area contributed by atoms with Crippen LogP contribution >= 0.6 is 0 Å². The fraction of sp³-hybridized carbons (Fsp3) is 0. The van der Waals surface area contributed by atoms with Crippen LogP contribution in [-0.2, 0) is 0 Å². The summed E-state index contributed by atoms with van der Waals surface area (Å²) in [6.45, 7) is 0. The molecule has 264 valence electrons. The predicted molar refractivity (Wildman–Crippen MR) is 231 cm³/mol. The Labute approximate surface area is 325 Å². The van der Waals surface area contributed by atoms with Crippen molar-refractivity contribution < 1.29 is 0 Å². The van der Waals surface area contributed by atoms with E-state index in [4.69, 9.17) is 15.0 Å². The van der Waals surface area contributed by atoms with Crippen LogP contribution in [0.3, 0.4) is 0 Å². The summed E-state index contributed by atoms with van der Waals surface area (Å²) in [5.74, 6) is 1.78. The summed E-state index contributed by atoms with van der Waals surface area (Å²) >= 11 is 0. The van der Waals surface area contributed by atoms with Crippen molar-refractivity contribution in [3.63, 3.8) is 0 Å². The standard InChI is InChI=1S/C51H35N5/c1-5-18-36(19-6-1)38-32-33-48-46(35-38)44-29-15-16-31-47(44)56(48)51-53-49(37-20-7-2-8-21-37)52-50(54-51)45-30-14-13-28-43(45)39-22-17-27-42(34-39)55(40-23-9-3-10-24-40)41-25-11-4-12-26-41/h1-35H. The molecular weight excluding hydrogens is 683 g/mol. The van der Waals surface area contributed by atoms with Gasteiger partial charge in [-0.15, -0.1) is 0 Å². The quantitative estimate of drug-likeness (QED) is 0.157. The van der Waals surface area contributed by atoms with Gasteiger partial charge in [0.2, 0.25) is 5.95 Å². The van der Waals surface area contributed by atoms with Gasteiger partial charge in [0.05, 0.1) is 11.0 Å². The molecule has 0 aliphatic rings. The van der Waals surface area contributed by atoms with E-state index in [0.717, 1.165) is 66.7 Å². The lowest BCUT2D eigenvalue weighted by atomic mass is 9.98. The van der Waals surface area contributed by atoms with Crippen molar-refractivity contribution >= 4 is 38.9 Å². The summed E-state index contributed by atoms with van der Waals surface area (Å²) in [6, 6.07) is 73.9. The van der Waals surface area contributed by atoms with Crippen molar-refractivity contribution in [2.75, 3.05) is 4.90 Å². The number of benzene rings is 8. The highest BCUT2D eigenvalue weighted by molar-refractivity contribution is 6.10. The molecule has 10 aromatic rings. The Morgan fingerprint density at radius 2 is 0.857 bits per heavy atom. The van der Waals surface area contributed by atoms with Crippen LogP contribution < -0.4 is 4.90 Å². The van der Waals surface area contributed by atoms with Crippen molar-refractivity contribution in [3.05, 3.63) is 212 Å². The lowest BCUT2D eigenvalue weighted by Crippen LogP contribution is -2.09. The number of hydrogen-bond donors (Lipinski definition) is 0. The van der Waals surface area contributed by atoms with E-state index in [1.807, 2.05) is 30.3 Å². The van der Waals surface area contributed by atoms with E-state index < -0.39 is 0 Å². The number of para-hydroxylation sites is 3. The molecule has 5 nitrogen and oxygen atoms in total. The summed E-state index contributed by atoms with van der Waals surface area (Å²) in [5, 5.41) is 2.28. The van der Waals surface area contributed by atoms with Crippen LogP contribution in [0.2, 0.25) is 0 Å². The third-order valence-corrected chi connectivity index (χ3v) is 10.2. The molecule has 2 heterocycles. The predicted octanol–water partition coefficient (Wildman–Crippen LogP) is 13.1. The minimum absolute atomic E-state index is 0.565. The number of nitrogens with zero attached hydrogens (tertiary/aromatic N) is 5. The van der Waals surface area contributed by atoms with E-state index in [0.29, 0.717) is 17.6 Å². The van der Waals surface area contributed by atoms with Crippen molar-refractivity contribution in [3.8, 4) is 51.0 Å². The first-order chi connectivity index (χ1) is 27.8. The molecule has 0 saturated heterocycles. The largest absolute Gasteiger partial charge is 0.310 e. The molecule has 0 aliphatic heterocycles. The van der Waals surface area contributed by atoms with E-state index in [9.17, 15) is 0 Å². The van der Waals surface area contributed by atoms with E-state index in [2.05, 4.69) is 191 Å². The molecule has 0 bridgehead atoms. The highest BCUT2D eigenvalue weighted by Gasteiger charge is 2.20. The number of fused-ring (bicyclic) bond motifs is 3. The third-order valence-electron chi connectivity index (χ3n) is 10.2. The van der Waals surface area contributed by atoms with E-state index in [1.54, 1.807) is 0 Å². The smallest absolute Gasteiger partial charge is 0.238 e. The highest BCUT2D eigenvalue weighted by Crippen LogP contribution is 2.39. The van der Waals surface area contributed by atoms with Crippen LogP contribution in [-0.4, -0.2) is 19.5 Å². The number of aromatic nitrogens is 4. The van der Waals surface area contributed by atoms with Crippen molar-refractivity contribution in [1.82, 2.24) is 19.5 Å². The zero-order valence-corrected chi connectivity index (χ0v) is 30.4. The molecule has 0 saturated carbocycles. The van der Waals surface area contributed by atoms with Gasteiger partial charge in [-0.1, -0.05) is 158 Å². The molecular formula is C51H35N5. The van der Waals surface area contributed by atoms with Crippen LogP contribution in [0.4, 0.5) is 17.1 Å². The zero-order valence-electron chi connectivity index (χ0n) is 30.4. The first-order valence-electron chi connectivity index (χ1n) is 18.8. The van der Waals surface area contributed by atoms with E-state index in [-0.39, 0.29) is 0 Å². The summed E-state index contributed by atoms with van der Waals surface area (Å²) in [5.41, 5.74) is 11.6. The van der Waals surface area contributed by atoms with Gasteiger partial charge in [0.25, 0.3) is 0 Å². The first-order valence-corrected chi connectivity index (χ1v) is 18.8. The average molecular weight is 718 g/mol. The Balaban J connectivity index is 1.16. The molecule has 2 aromatic heterocycles. The molecule has 5 heteroatoms. The summed E-state index contributed by atoms with van der Waals surface area (Å²) in [7, 11) is 0. The van der Waals surface area contributed by atoms with Crippen LogP contribution in [0, 0.1) is 0 Å². The molecule has 0 atom stereocenters. The van der Waals surface area contributed by atoms with Gasteiger partial charge in [-0.25, -0.2) is 4.98 Å². The molecule has 0 amide bonds. The van der Waals surface area contributed by atoms with Gasteiger partial charge in [0, 0.05) is 39.0 Å². The fourth-order valence-corrected chi connectivity index (χ4v) is 7.64. The van der Waals surface area contributed by atoms with Crippen LogP contribution in [0.15, 0.2) is 212 Å². The summed E-state index contributed by atoms with van der Waals surface area (Å²) in [6.07, 6.45) is 0. The fourth-order valence-electron chi connectivity index (χ4n) is 7.64. The summed E-state index contributed by atoms with van der Waals surface area (Å²) in [4.78, 5) is 18.0. The molecule has 0 aliphatic carbocycles. The van der Waals surface area contributed by atoms with Gasteiger partial charge in [-0.2, -0.15) is 9.97 Å². The number of rotatable bonds is 8. The molecule has 56 heavy (non-hydrogen) atoms. The van der Waals surface area contributed by atoms with Crippen LogP contribution in [0.1, 0.15) is 0 Å². The molecule has 0 fully saturated rings. The second kappa shape index (κ2) is 14.3. The van der Waals surface area contributed by atoms with Gasteiger partial charge in [0.15, 0.2) is 11.6 Å². The Morgan fingerprint density at radius 3 is 1.57 bits per heavy atom. The zero-order chi connectivity index (χ0) is 37.3. The van der Waals surface area contributed by atoms with Gasteiger partial charge in [-0.05, 0) is 76.9 Å². The number of hydrogen-bond acceptors (Lipinski definition) is 4. The normalized spacial score (nSPS) is 11.2. The maximum Gasteiger partial charge on any atom is 0.238 e. The Hall–Kier alpha value is -7.63. The Morgan fingerprint density at radius 1 is 0.321 bits per heavy atom. The molecule has 10 rings (SSSR count). The second-order valence-corrected chi connectivity index (χ2v) is 13.7. The SMILES string of the molecule is c1ccc(-c2ccc3c(c2)c2ccccc2n3-c2nc(-c3ccccc3)nc(-c3ccccc3-c3cccc(N(c4ccccc4)c4ccccc4)c3)n2)cc1. The minimum Gasteiger partial charge on any atom is -0.310 e. The molecule has 0 unspecified atom stereocenters. The van der Waals surface area contributed by atoms with E-state index >= 15 is 0 Å². The van der Waals surface area contributed by atoms with Crippen molar-refractivity contribution in [2.24, 2.45) is 0 Å². The minimum atomic E-state index is 0.565. The highest BCUT2D eigenvalue weighted by atomic mass is 15.2. The van der Waals surface area contributed by atoms with E-state index in [1.165, 1.54) is 5.56 Å². The number of anilines is 3. The van der Waals surface area contributed by atoms with Crippen molar-refractivity contribution in [2.45, 2.75) is 0 Å². The molecule has 8 aromatic carbocycles. The second-order valence-electron chi connectivity index (χ2n) is 13.7. The maximum atomic E-state index is 5.32. The monoisotopic (exact) mass is 717 g/mol. The lowest BCUT2D eigenvalue weighted by Gasteiger charge is -2.26. The van der Waals surface area contributed by atoms with Gasteiger partial charge in [-0.3, -0.25) is 4.57 Å². The van der Waals surface area contributed by atoms with Gasteiger partial charge >= 0.3 is 0 Å². The van der Waals surface area contributed by atoms with Crippen LogP contribution in [0.25, 0.3) is 72.8 Å². The summed E-state index contributed by atoms with van der Waals surface area (Å²) < 4.78 is 2.18. The topological polar surface area (TPSA) is 46.8 Å². The average Bonchev–Trinajstić information content (AvgIpc) is 3.61. The first kappa shape index (κ1) is 33.0. The third kappa shape index (κ3) is 6.07.